The van der Waals surface area contributed by atoms with E-state index in [0.29, 0.717) is 12.5 Å². The van der Waals surface area contributed by atoms with Gasteiger partial charge < -0.3 is 14.9 Å². The molecule has 2 atom stereocenters. The fourth-order valence-corrected chi connectivity index (χ4v) is 1.45. The fraction of sp³-hybridized carbons (Fsp3) is 1.00. The maximum absolute atomic E-state index is 9.57. The Kier molecular flexibility index (Phi) is 7.98. The molecule has 2 N–H and O–H groups in total. The summed E-state index contributed by atoms with van der Waals surface area (Å²) >= 11 is 0. The van der Waals surface area contributed by atoms with Gasteiger partial charge in [-0.25, -0.2) is 0 Å². The van der Waals surface area contributed by atoms with Crippen molar-refractivity contribution in [3.63, 3.8) is 0 Å². The number of aliphatic hydroxyl groups is 2. The molecule has 0 saturated carbocycles. The average Bonchev–Trinajstić information content (AvgIpc) is 2.21. The molecular weight excluding hydrogens is 204 g/mol. The van der Waals surface area contributed by atoms with Crippen molar-refractivity contribution in [2.75, 3.05) is 13.2 Å². The first-order valence-corrected chi connectivity index (χ1v) is 6.40. The Labute approximate surface area is 99.8 Å². The van der Waals surface area contributed by atoms with Crippen molar-refractivity contribution >= 4 is 0 Å². The normalized spacial score (nSPS) is 16.1. The molecule has 0 spiro atoms. The van der Waals surface area contributed by atoms with Gasteiger partial charge in [-0.15, -0.1) is 0 Å². The number of unbranched alkanes of at least 4 members (excludes halogenated alkanes) is 1. The number of ether oxygens (including phenoxy) is 1. The molecule has 0 aromatic heterocycles. The van der Waals surface area contributed by atoms with E-state index in [4.69, 9.17) is 4.74 Å². The molecule has 0 saturated heterocycles. The standard InChI is InChI=1S/C13H28O3/c1-5-7-8-11(6-2)9-16-10-12(14)13(3,4)15/h11-12,14-15H,5-10H2,1-4H3. The molecule has 0 aromatic rings. The van der Waals surface area contributed by atoms with Gasteiger partial charge in [0.05, 0.1) is 12.2 Å². The van der Waals surface area contributed by atoms with Crippen molar-refractivity contribution in [1.29, 1.82) is 0 Å². The number of hydrogen-bond acceptors (Lipinski definition) is 3. The predicted octanol–water partition coefficient (Wildman–Crippen LogP) is 2.35. The summed E-state index contributed by atoms with van der Waals surface area (Å²) in [5, 5.41) is 19.1. The van der Waals surface area contributed by atoms with Crippen LogP contribution in [0, 0.1) is 5.92 Å². The molecule has 2 unspecified atom stereocenters. The quantitative estimate of drug-likeness (QED) is 0.641. The van der Waals surface area contributed by atoms with E-state index in [2.05, 4.69) is 13.8 Å². The van der Waals surface area contributed by atoms with Crippen LogP contribution < -0.4 is 0 Å². The van der Waals surface area contributed by atoms with Crippen LogP contribution >= 0.6 is 0 Å². The van der Waals surface area contributed by atoms with Gasteiger partial charge in [0, 0.05) is 6.61 Å². The minimum atomic E-state index is -1.08. The van der Waals surface area contributed by atoms with Crippen LogP contribution in [-0.4, -0.2) is 35.1 Å². The van der Waals surface area contributed by atoms with E-state index in [1.165, 1.54) is 19.3 Å². The van der Waals surface area contributed by atoms with Crippen LogP contribution in [0.3, 0.4) is 0 Å². The number of rotatable bonds is 9. The van der Waals surface area contributed by atoms with Crippen LogP contribution in [0.2, 0.25) is 0 Å². The molecule has 0 fully saturated rings. The zero-order valence-corrected chi connectivity index (χ0v) is 11.2. The van der Waals surface area contributed by atoms with Crippen LogP contribution in [0.1, 0.15) is 53.4 Å². The average molecular weight is 232 g/mol. The molecule has 0 aliphatic rings. The lowest BCUT2D eigenvalue weighted by molar-refractivity contribution is -0.0897. The summed E-state index contributed by atoms with van der Waals surface area (Å²) in [5.41, 5.74) is -1.08. The van der Waals surface area contributed by atoms with Crippen molar-refractivity contribution in [1.82, 2.24) is 0 Å². The zero-order chi connectivity index (χ0) is 12.6. The van der Waals surface area contributed by atoms with Crippen LogP contribution in [0.5, 0.6) is 0 Å². The smallest absolute Gasteiger partial charge is 0.105 e. The third-order valence-electron chi connectivity index (χ3n) is 2.99. The summed E-state index contributed by atoms with van der Waals surface area (Å²) in [7, 11) is 0. The van der Waals surface area contributed by atoms with E-state index < -0.39 is 11.7 Å². The second-order valence-corrected chi connectivity index (χ2v) is 5.12. The van der Waals surface area contributed by atoms with Crippen molar-refractivity contribution in [2.24, 2.45) is 5.92 Å². The molecule has 3 heteroatoms. The van der Waals surface area contributed by atoms with Gasteiger partial charge in [-0.1, -0.05) is 33.1 Å². The Balaban J connectivity index is 3.69. The molecule has 3 nitrogen and oxygen atoms in total. The number of hydrogen-bond donors (Lipinski definition) is 2. The molecule has 0 amide bonds. The second-order valence-electron chi connectivity index (χ2n) is 5.12. The molecular formula is C13H28O3. The van der Waals surface area contributed by atoms with Crippen molar-refractivity contribution in [3.8, 4) is 0 Å². The first-order valence-electron chi connectivity index (χ1n) is 6.40. The lowest BCUT2D eigenvalue weighted by atomic mass is 10.0. The van der Waals surface area contributed by atoms with Gasteiger partial charge in [0.2, 0.25) is 0 Å². The highest BCUT2D eigenvalue weighted by atomic mass is 16.5. The zero-order valence-electron chi connectivity index (χ0n) is 11.2. The Bertz CT molecular complexity index is 163. The van der Waals surface area contributed by atoms with E-state index in [1.807, 2.05) is 0 Å². The largest absolute Gasteiger partial charge is 0.388 e. The fourth-order valence-electron chi connectivity index (χ4n) is 1.45. The maximum Gasteiger partial charge on any atom is 0.105 e. The summed E-state index contributed by atoms with van der Waals surface area (Å²) in [5.74, 6) is 0.578. The minimum absolute atomic E-state index is 0.214. The summed E-state index contributed by atoms with van der Waals surface area (Å²) in [6, 6.07) is 0. The first-order chi connectivity index (χ1) is 7.41. The van der Waals surface area contributed by atoms with Crippen molar-refractivity contribution < 1.29 is 14.9 Å². The highest BCUT2D eigenvalue weighted by Gasteiger charge is 2.24. The molecule has 98 valence electrons. The summed E-state index contributed by atoms with van der Waals surface area (Å²) in [6.45, 7) is 8.43. The molecule has 0 rings (SSSR count). The third-order valence-corrected chi connectivity index (χ3v) is 2.99. The topological polar surface area (TPSA) is 49.7 Å². The minimum Gasteiger partial charge on any atom is -0.388 e. The van der Waals surface area contributed by atoms with E-state index >= 15 is 0 Å². The lowest BCUT2D eigenvalue weighted by Crippen LogP contribution is -2.39. The second kappa shape index (κ2) is 8.04. The Morgan fingerprint density at radius 3 is 2.25 bits per heavy atom. The van der Waals surface area contributed by atoms with Gasteiger partial charge in [-0.05, 0) is 26.2 Å². The van der Waals surface area contributed by atoms with Crippen LogP contribution in [0.15, 0.2) is 0 Å². The Morgan fingerprint density at radius 2 is 1.81 bits per heavy atom. The molecule has 16 heavy (non-hydrogen) atoms. The van der Waals surface area contributed by atoms with E-state index in [-0.39, 0.29) is 6.61 Å². The van der Waals surface area contributed by atoms with E-state index in [9.17, 15) is 10.2 Å². The van der Waals surface area contributed by atoms with Crippen LogP contribution in [0.25, 0.3) is 0 Å². The van der Waals surface area contributed by atoms with E-state index in [0.717, 1.165) is 6.42 Å². The molecule has 0 aliphatic heterocycles. The molecule has 0 radical (unpaired) electrons. The Hall–Kier alpha value is -0.120. The maximum atomic E-state index is 9.57. The lowest BCUT2D eigenvalue weighted by Gasteiger charge is -2.25. The highest BCUT2D eigenvalue weighted by Crippen LogP contribution is 2.14. The van der Waals surface area contributed by atoms with E-state index in [1.54, 1.807) is 13.8 Å². The number of aliphatic hydroxyl groups excluding tert-OH is 1. The molecule has 0 aromatic carbocycles. The monoisotopic (exact) mass is 232 g/mol. The first kappa shape index (κ1) is 15.9. The third kappa shape index (κ3) is 7.20. The van der Waals surface area contributed by atoms with Crippen LogP contribution in [-0.2, 0) is 4.74 Å². The SMILES string of the molecule is CCCCC(CC)COCC(O)C(C)(C)O. The van der Waals surface area contributed by atoms with Gasteiger partial charge in [-0.3, -0.25) is 0 Å². The predicted molar refractivity (Wildman–Crippen MR) is 66.4 cm³/mol. The van der Waals surface area contributed by atoms with Gasteiger partial charge in [0.15, 0.2) is 0 Å². The van der Waals surface area contributed by atoms with Crippen molar-refractivity contribution in [3.05, 3.63) is 0 Å². The summed E-state index contributed by atoms with van der Waals surface area (Å²) in [4.78, 5) is 0. The van der Waals surface area contributed by atoms with Gasteiger partial charge in [-0.2, -0.15) is 0 Å². The summed E-state index contributed by atoms with van der Waals surface area (Å²) < 4.78 is 5.46. The van der Waals surface area contributed by atoms with Crippen molar-refractivity contribution in [2.45, 2.75) is 65.1 Å². The molecule has 0 bridgehead atoms. The van der Waals surface area contributed by atoms with Gasteiger partial charge >= 0.3 is 0 Å². The summed E-state index contributed by atoms with van der Waals surface area (Å²) in [6.07, 6.45) is 3.93. The van der Waals surface area contributed by atoms with Crippen LogP contribution in [0.4, 0.5) is 0 Å². The molecule has 0 aliphatic carbocycles. The highest BCUT2D eigenvalue weighted by molar-refractivity contribution is 4.75. The Morgan fingerprint density at radius 1 is 1.19 bits per heavy atom. The van der Waals surface area contributed by atoms with Gasteiger partial charge in [0.25, 0.3) is 0 Å². The van der Waals surface area contributed by atoms with Gasteiger partial charge in [0.1, 0.15) is 6.10 Å². The molecule has 0 heterocycles.